The fraction of sp³-hybridized carbons (Fsp3) is 0.310. The fourth-order valence-electron chi connectivity index (χ4n) is 3.64. The summed E-state index contributed by atoms with van der Waals surface area (Å²) in [5.41, 5.74) is 2.97. The normalized spacial score (nSPS) is 12.5. The Morgan fingerprint density at radius 3 is 2.23 bits per heavy atom. The number of aryl methyl sites for hydroxylation is 1. The molecule has 0 aliphatic heterocycles. The number of ether oxygens (including phenoxy) is 1. The van der Waals surface area contributed by atoms with Crippen LogP contribution in [0.3, 0.4) is 0 Å². The number of carbonyl (C=O) groups is 2. The van der Waals surface area contributed by atoms with Crippen LogP contribution in [0.15, 0.2) is 78.9 Å². The van der Waals surface area contributed by atoms with Gasteiger partial charge in [0.2, 0.25) is 5.91 Å². The van der Waals surface area contributed by atoms with E-state index in [0.29, 0.717) is 17.2 Å². The number of hydrogen-bond donors (Lipinski definition) is 1. The van der Waals surface area contributed by atoms with Gasteiger partial charge in [0.05, 0.1) is 0 Å². The molecule has 0 radical (unpaired) electrons. The second-order valence-corrected chi connectivity index (χ2v) is 9.21. The summed E-state index contributed by atoms with van der Waals surface area (Å²) in [5.74, 6) is 0.167. The Labute approximate surface area is 213 Å². The maximum Gasteiger partial charge on any atom is 0.261 e. The molecule has 0 aliphatic carbocycles. The molecule has 184 valence electrons. The van der Waals surface area contributed by atoms with E-state index >= 15 is 0 Å². The van der Waals surface area contributed by atoms with Crippen molar-refractivity contribution in [2.24, 2.45) is 0 Å². The lowest BCUT2D eigenvalue weighted by Crippen LogP contribution is -2.53. The van der Waals surface area contributed by atoms with Crippen LogP contribution < -0.4 is 10.1 Å². The van der Waals surface area contributed by atoms with Gasteiger partial charge in [-0.3, -0.25) is 9.59 Å². The van der Waals surface area contributed by atoms with Gasteiger partial charge in [-0.05, 0) is 55.7 Å². The van der Waals surface area contributed by atoms with Crippen molar-refractivity contribution in [2.75, 3.05) is 6.61 Å². The summed E-state index contributed by atoms with van der Waals surface area (Å²) < 4.78 is 5.80. The van der Waals surface area contributed by atoms with Gasteiger partial charge in [-0.2, -0.15) is 0 Å². The molecule has 35 heavy (non-hydrogen) atoms. The number of hydrogen-bond acceptors (Lipinski definition) is 3. The highest BCUT2D eigenvalue weighted by Crippen LogP contribution is 2.18. The average molecular weight is 493 g/mol. The SMILES string of the molecule is CC[C@@H](C)NC(=O)[C@@H](Cc1ccccc1)N(Cc1ccc(Cl)cc1)C(=O)COc1ccc(C)cc1. The van der Waals surface area contributed by atoms with Gasteiger partial charge < -0.3 is 15.0 Å². The number of carbonyl (C=O) groups excluding carboxylic acids is 2. The molecule has 3 aromatic carbocycles. The average Bonchev–Trinajstić information content (AvgIpc) is 2.87. The molecule has 2 amide bonds. The summed E-state index contributed by atoms with van der Waals surface area (Å²) in [4.78, 5) is 28.6. The summed E-state index contributed by atoms with van der Waals surface area (Å²) in [6.07, 6.45) is 1.19. The van der Waals surface area contributed by atoms with Crippen molar-refractivity contribution < 1.29 is 14.3 Å². The molecule has 0 aliphatic rings. The third-order valence-electron chi connectivity index (χ3n) is 5.92. The Morgan fingerprint density at radius 2 is 1.60 bits per heavy atom. The topological polar surface area (TPSA) is 58.6 Å². The zero-order valence-electron chi connectivity index (χ0n) is 20.5. The third kappa shape index (κ3) is 8.15. The van der Waals surface area contributed by atoms with E-state index in [0.717, 1.165) is 23.1 Å². The number of nitrogens with zero attached hydrogens (tertiary/aromatic N) is 1. The second-order valence-electron chi connectivity index (χ2n) is 8.77. The molecule has 5 nitrogen and oxygen atoms in total. The highest BCUT2D eigenvalue weighted by molar-refractivity contribution is 6.30. The van der Waals surface area contributed by atoms with Gasteiger partial charge in [-0.25, -0.2) is 0 Å². The number of amides is 2. The van der Waals surface area contributed by atoms with Gasteiger partial charge in [0.15, 0.2) is 6.61 Å². The van der Waals surface area contributed by atoms with Crippen LogP contribution in [0.25, 0.3) is 0 Å². The van der Waals surface area contributed by atoms with E-state index in [9.17, 15) is 9.59 Å². The molecule has 0 unspecified atom stereocenters. The molecule has 0 saturated carbocycles. The van der Waals surface area contributed by atoms with Crippen LogP contribution in [-0.2, 0) is 22.6 Å². The minimum atomic E-state index is -0.698. The van der Waals surface area contributed by atoms with Crippen molar-refractivity contribution in [3.05, 3.63) is 101 Å². The van der Waals surface area contributed by atoms with Gasteiger partial charge in [0, 0.05) is 24.0 Å². The molecule has 6 heteroatoms. The van der Waals surface area contributed by atoms with E-state index in [1.54, 1.807) is 17.0 Å². The lowest BCUT2D eigenvalue weighted by atomic mass is 10.0. The first-order valence-corrected chi connectivity index (χ1v) is 12.3. The molecule has 0 aromatic heterocycles. The largest absolute Gasteiger partial charge is 0.484 e. The number of benzene rings is 3. The van der Waals surface area contributed by atoms with Crippen molar-refractivity contribution in [3.8, 4) is 5.75 Å². The summed E-state index contributed by atoms with van der Waals surface area (Å²) >= 11 is 6.07. The molecule has 0 spiro atoms. The van der Waals surface area contributed by atoms with Crippen LogP contribution in [0.4, 0.5) is 0 Å². The van der Waals surface area contributed by atoms with Crippen molar-refractivity contribution in [1.82, 2.24) is 10.2 Å². The van der Waals surface area contributed by atoms with E-state index < -0.39 is 6.04 Å². The van der Waals surface area contributed by atoms with E-state index in [1.807, 2.05) is 87.5 Å². The van der Waals surface area contributed by atoms with Crippen molar-refractivity contribution >= 4 is 23.4 Å². The number of nitrogens with one attached hydrogen (secondary N) is 1. The summed E-state index contributed by atoms with van der Waals surface area (Å²) in [6, 6.07) is 23.9. The second kappa shape index (κ2) is 13.0. The first-order chi connectivity index (χ1) is 16.9. The van der Waals surface area contributed by atoms with Crippen LogP contribution >= 0.6 is 11.6 Å². The highest BCUT2D eigenvalue weighted by Gasteiger charge is 2.31. The number of rotatable bonds is 11. The summed E-state index contributed by atoms with van der Waals surface area (Å²) in [6.45, 7) is 6.07. The Balaban J connectivity index is 1.89. The zero-order valence-corrected chi connectivity index (χ0v) is 21.3. The van der Waals surface area contributed by atoms with Crippen LogP contribution in [0.2, 0.25) is 5.02 Å². The van der Waals surface area contributed by atoms with Crippen LogP contribution in [-0.4, -0.2) is 35.4 Å². The smallest absolute Gasteiger partial charge is 0.261 e. The number of halogens is 1. The maximum atomic E-state index is 13.5. The van der Waals surface area contributed by atoms with E-state index in [-0.39, 0.29) is 31.0 Å². The highest BCUT2D eigenvalue weighted by atomic mass is 35.5. The van der Waals surface area contributed by atoms with Gasteiger partial charge >= 0.3 is 0 Å². The lowest BCUT2D eigenvalue weighted by molar-refractivity contribution is -0.143. The first kappa shape index (κ1) is 26.3. The third-order valence-corrected chi connectivity index (χ3v) is 6.17. The molecule has 0 saturated heterocycles. The van der Waals surface area contributed by atoms with E-state index in [4.69, 9.17) is 16.3 Å². The van der Waals surface area contributed by atoms with E-state index in [2.05, 4.69) is 5.32 Å². The molecule has 1 N–H and O–H groups in total. The van der Waals surface area contributed by atoms with Crippen molar-refractivity contribution in [1.29, 1.82) is 0 Å². The molecule has 3 aromatic rings. The molecule has 0 fully saturated rings. The quantitative estimate of drug-likeness (QED) is 0.380. The van der Waals surface area contributed by atoms with Crippen LogP contribution in [0, 0.1) is 6.92 Å². The molecule has 0 bridgehead atoms. The standard InChI is InChI=1S/C29H33ClN2O3/c1-4-22(3)31-29(34)27(18-23-8-6-5-7-9-23)32(19-24-12-14-25(30)15-13-24)28(33)20-35-26-16-10-21(2)11-17-26/h5-17,22,27H,4,18-20H2,1-3H3,(H,31,34)/t22-,27-/m1/s1. The van der Waals surface area contributed by atoms with Crippen molar-refractivity contribution in [2.45, 2.75) is 52.2 Å². The minimum absolute atomic E-state index is 0.00272. The predicted octanol–water partition coefficient (Wildman–Crippen LogP) is 5.58. The van der Waals surface area contributed by atoms with Crippen molar-refractivity contribution in [3.63, 3.8) is 0 Å². The summed E-state index contributed by atoms with van der Waals surface area (Å²) in [5, 5.41) is 3.68. The first-order valence-electron chi connectivity index (χ1n) is 11.9. The zero-order chi connectivity index (χ0) is 25.2. The lowest BCUT2D eigenvalue weighted by Gasteiger charge is -2.32. The van der Waals surface area contributed by atoms with Gasteiger partial charge in [-0.1, -0.05) is 78.7 Å². The van der Waals surface area contributed by atoms with Gasteiger partial charge in [0.25, 0.3) is 5.91 Å². The summed E-state index contributed by atoms with van der Waals surface area (Å²) in [7, 11) is 0. The Morgan fingerprint density at radius 1 is 0.943 bits per heavy atom. The van der Waals surface area contributed by atoms with E-state index in [1.165, 1.54) is 0 Å². The Kier molecular flexibility index (Phi) is 9.74. The molecular weight excluding hydrogens is 460 g/mol. The van der Waals surface area contributed by atoms with Crippen LogP contribution in [0.1, 0.15) is 37.0 Å². The fourth-order valence-corrected chi connectivity index (χ4v) is 3.77. The molecule has 0 heterocycles. The predicted molar refractivity (Wildman–Crippen MR) is 141 cm³/mol. The maximum absolute atomic E-state index is 13.5. The molecule has 2 atom stereocenters. The minimum Gasteiger partial charge on any atom is -0.484 e. The van der Waals surface area contributed by atoms with Gasteiger partial charge in [0.1, 0.15) is 11.8 Å². The molecular formula is C29H33ClN2O3. The Hall–Kier alpha value is -3.31. The van der Waals surface area contributed by atoms with Crippen LogP contribution in [0.5, 0.6) is 5.75 Å². The monoisotopic (exact) mass is 492 g/mol. The van der Waals surface area contributed by atoms with Gasteiger partial charge in [-0.15, -0.1) is 0 Å². The Bertz CT molecular complexity index is 1090. The molecule has 3 rings (SSSR count).